The summed E-state index contributed by atoms with van der Waals surface area (Å²) in [6.07, 6.45) is 1.53. The Kier molecular flexibility index (Phi) is 5.51. The molecule has 2 aliphatic heterocycles. The van der Waals surface area contributed by atoms with Crippen molar-refractivity contribution in [3.63, 3.8) is 0 Å². The second-order valence-corrected chi connectivity index (χ2v) is 8.71. The van der Waals surface area contributed by atoms with Gasteiger partial charge in [-0.3, -0.25) is 0 Å². The van der Waals surface area contributed by atoms with Crippen molar-refractivity contribution in [1.29, 1.82) is 0 Å². The zero-order chi connectivity index (χ0) is 18.9. The minimum absolute atomic E-state index is 0.000301. The van der Waals surface area contributed by atoms with E-state index in [4.69, 9.17) is 16.3 Å². The number of aromatic hydroxyl groups is 1. The van der Waals surface area contributed by atoms with E-state index in [9.17, 15) is 17.7 Å². The fourth-order valence-corrected chi connectivity index (χ4v) is 5.15. The molecule has 0 amide bonds. The molecule has 1 fully saturated rings. The maximum atomic E-state index is 12.8. The minimum atomic E-state index is -3.88. The Morgan fingerprint density at radius 2 is 2.04 bits per heavy atom. The molecule has 0 aromatic heterocycles. The fourth-order valence-electron chi connectivity index (χ4n) is 2.62. The molecule has 1 aromatic carbocycles. The maximum absolute atomic E-state index is 12.8. The van der Waals surface area contributed by atoms with Gasteiger partial charge in [-0.15, -0.1) is 8.80 Å². The van der Waals surface area contributed by atoms with Crippen molar-refractivity contribution in [2.75, 3.05) is 25.0 Å². The van der Waals surface area contributed by atoms with E-state index in [1.807, 2.05) is 0 Å². The van der Waals surface area contributed by atoms with Crippen LogP contribution >= 0.6 is 11.6 Å². The van der Waals surface area contributed by atoms with Crippen LogP contribution in [0.15, 0.2) is 25.8 Å². The van der Waals surface area contributed by atoms with Gasteiger partial charge in [0.05, 0.1) is 12.3 Å². The van der Waals surface area contributed by atoms with E-state index in [2.05, 4.69) is 14.1 Å². The lowest BCUT2D eigenvalue weighted by atomic mass is 10.3. The first kappa shape index (κ1) is 19.1. The Labute approximate surface area is 158 Å². The summed E-state index contributed by atoms with van der Waals surface area (Å²) in [6, 6.07) is 2.54. The van der Waals surface area contributed by atoms with Gasteiger partial charge in [0.2, 0.25) is 15.9 Å². The number of nitrogens with one attached hydrogen (secondary N) is 1. The lowest BCUT2D eigenvalue weighted by Crippen LogP contribution is -2.28. The Balaban J connectivity index is 1.97. The van der Waals surface area contributed by atoms with Gasteiger partial charge in [-0.1, -0.05) is 11.6 Å². The first-order valence-corrected chi connectivity index (χ1v) is 10.7. The van der Waals surface area contributed by atoms with E-state index in [0.29, 0.717) is 13.1 Å². The molecule has 142 valence electrons. The quantitative estimate of drug-likeness (QED) is 0.714. The molecule has 0 bridgehead atoms. The van der Waals surface area contributed by atoms with Crippen molar-refractivity contribution in [3.05, 3.63) is 17.2 Å². The third kappa shape index (κ3) is 3.70. The maximum Gasteiger partial charge on any atom is 0.271 e. The Morgan fingerprint density at radius 1 is 1.35 bits per heavy atom. The highest BCUT2D eigenvalue weighted by molar-refractivity contribution is 7.89. The fraction of sp³-hybridized carbons (Fsp3) is 0.429. The number of anilines is 1. The molecule has 1 atom stereocenters. The van der Waals surface area contributed by atoms with Crippen molar-refractivity contribution >= 4 is 50.2 Å². The van der Waals surface area contributed by atoms with Crippen LogP contribution in [0, 0.1) is 0 Å². The zero-order valence-electron chi connectivity index (χ0n) is 13.8. The molecule has 2 heterocycles. The van der Waals surface area contributed by atoms with Crippen LogP contribution in [0.1, 0.15) is 19.8 Å². The first-order chi connectivity index (χ1) is 12.3. The second kappa shape index (κ2) is 7.51. The standard InChI is InChI=1S/C14H17ClN4O5S2/c1-2-24-14-13(17-25(21)18-14)16-10-7-9(15)8-11(12(10)20)26(22,23)19-5-3-4-6-19/h7-8,20H,2-6H2,1H3,(H,16,17). The smallest absolute Gasteiger partial charge is 0.271 e. The molecule has 3 rings (SSSR count). The molecule has 0 aliphatic carbocycles. The van der Waals surface area contributed by atoms with Crippen molar-refractivity contribution in [2.45, 2.75) is 24.7 Å². The van der Waals surface area contributed by atoms with Crippen molar-refractivity contribution in [3.8, 4) is 5.75 Å². The number of halogens is 1. The van der Waals surface area contributed by atoms with Crippen LogP contribution in [-0.4, -0.2) is 53.5 Å². The third-order valence-electron chi connectivity index (χ3n) is 3.79. The third-order valence-corrected chi connectivity index (χ3v) is 6.58. The van der Waals surface area contributed by atoms with E-state index < -0.39 is 26.9 Å². The number of amidine groups is 1. The van der Waals surface area contributed by atoms with E-state index >= 15 is 0 Å². The molecule has 0 radical (unpaired) electrons. The number of sulfonamides is 1. The van der Waals surface area contributed by atoms with Gasteiger partial charge in [0.1, 0.15) is 4.90 Å². The predicted octanol–water partition coefficient (Wildman–Crippen LogP) is 1.67. The highest BCUT2D eigenvalue weighted by Crippen LogP contribution is 2.37. The molecule has 2 aliphatic rings. The molecular weight excluding hydrogens is 404 g/mol. The molecule has 1 saturated heterocycles. The molecule has 12 heteroatoms. The Bertz CT molecular complexity index is 910. The Morgan fingerprint density at radius 3 is 2.69 bits per heavy atom. The summed E-state index contributed by atoms with van der Waals surface area (Å²) in [6.45, 7) is 2.78. The summed E-state index contributed by atoms with van der Waals surface area (Å²) in [4.78, 5) is -0.302. The molecule has 0 spiro atoms. The van der Waals surface area contributed by atoms with E-state index in [1.165, 1.54) is 16.4 Å². The molecule has 1 unspecified atom stereocenters. The summed E-state index contributed by atoms with van der Waals surface area (Å²) in [5.41, 5.74) is 0.000301. The van der Waals surface area contributed by atoms with Gasteiger partial charge in [0.15, 0.2) is 5.75 Å². The number of hydrogen-bond donors (Lipinski definition) is 2. The molecule has 1 aromatic rings. The van der Waals surface area contributed by atoms with Crippen LogP contribution in [0.4, 0.5) is 5.69 Å². The number of phenolic OH excluding ortho intramolecular Hbond substituents is 1. The van der Waals surface area contributed by atoms with Gasteiger partial charge in [-0.2, -0.15) is 4.31 Å². The van der Waals surface area contributed by atoms with Crippen LogP contribution in [0.25, 0.3) is 0 Å². The number of nitrogens with zero attached hydrogens (tertiary/aromatic N) is 3. The molecular formula is C14H17ClN4O5S2. The van der Waals surface area contributed by atoms with Crippen LogP contribution < -0.4 is 5.32 Å². The van der Waals surface area contributed by atoms with Gasteiger partial charge in [-0.25, -0.2) is 12.6 Å². The van der Waals surface area contributed by atoms with E-state index in [-0.39, 0.29) is 33.9 Å². The van der Waals surface area contributed by atoms with E-state index in [1.54, 1.807) is 6.92 Å². The minimum Gasteiger partial charge on any atom is -0.504 e. The summed E-state index contributed by atoms with van der Waals surface area (Å²) < 4.78 is 51.0. The second-order valence-electron chi connectivity index (χ2n) is 5.54. The average Bonchev–Trinajstić information content (AvgIpc) is 3.21. The van der Waals surface area contributed by atoms with Gasteiger partial charge in [0, 0.05) is 18.1 Å². The monoisotopic (exact) mass is 420 g/mol. The van der Waals surface area contributed by atoms with Gasteiger partial charge in [-0.05, 0) is 31.9 Å². The molecule has 9 nitrogen and oxygen atoms in total. The Hall–Kier alpha value is -1.69. The van der Waals surface area contributed by atoms with Crippen molar-refractivity contribution in [2.24, 2.45) is 8.80 Å². The summed E-state index contributed by atoms with van der Waals surface area (Å²) in [5.74, 6) is -0.473. The van der Waals surface area contributed by atoms with Gasteiger partial charge >= 0.3 is 0 Å². The lowest BCUT2D eigenvalue weighted by molar-refractivity contribution is 0.335. The van der Waals surface area contributed by atoms with Crippen molar-refractivity contribution in [1.82, 2.24) is 4.31 Å². The SMILES string of the molecule is CCOC1=NS(=O)N=C1Nc1cc(Cl)cc(S(=O)(=O)N2CCCC2)c1O. The number of phenols is 1. The van der Waals surface area contributed by atoms with Gasteiger partial charge < -0.3 is 15.2 Å². The lowest BCUT2D eigenvalue weighted by Gasteiger charge is -2.18. The summed E-state index contributed by atoms with van der Waals surface area (Å²) >= 11 is 4.20. The first-order valence-electron chi connectivity index (χ1n) is 7.85. The average molecular weight is 421 g/mol. The largest absolute Gasteiger partial charge is 0.504 e. The predicted molar refractivity (Wildman–Crippen MR) is 99.4 cm³/mol. The zero-order valence-corrected chi connectivity index (χ0v) is 16.2. The highest BCUT2D eigenvalue weighted by Gasteiger charge is 2.32. The van der Waals surface area contributed by atoms with Crippen LogP contribution in [0.5, 0.6) is 5.75 Å². The van der Waals surface area contributed by atoms with Crippen LogP contribution in [0.2, 0.25) is 5.02 Å². The van der Waals surface area contributed by atoms with E-state index in [0.717, 1.165) is 12.8 Å². The van der Waals surface area contributed by atoms with Crippen LogP contribution in [-0.2, 0) is 25.9 Å². The van der Waals surface area contributed by atoms with Crippen LogP contribution in [0.3, 0.4) is 0 Å². The normalized spacial score (nSPS) is 20.8. The topological polar surface area (TPSA) is 121 Å². The summed E-state index contributed by atoms with van der Waals surface area (Å²) in [7, 11) is -3.88. The number of rotatable bonds is 4. The molecule has 0 saturated carbocycles. The molecule has 26 heavy (non-hydrogen) atoms. The van der Waals surface area contributed by atoms with Crippen molar-refractivity contribution < 1.29 is 22.5 Å². The number of hydrogen-bond acceptors (Lipinski definition) is 6. The summed E-state index contributed by atoms with van der Waals surface area (Å²) in [5, 5.41) is 13.3. The highest BCUT2D eigenvalue weighted by atomic mass is 35.5. The number of benzene rings is 1. The number of ether oxygens (including phenoxy) is 1. The molecule has 2 N–H and O–H groups in total. The van der Waals surface area contributed by atoms with Gasteiger partial charge in [0.25, 0.3) is 17.1 Å².